The number of hydrogen-bond donors (Lipinski definition) is 1. The maximum absolute atomic E-state index is 12.1. The van der Waals surface area contributed by atoms with Crippen LogP contribution in [0.15, 0.2) is 12.1 Å². The highest BCUT2D eigenvalue weighted by Crippen LogP contribution is 2.38. The number of benzene rings is 1. The standard InChI is InChI=1S/C14H20ClNO4/c1-9(7-15)8-16-14(17)10-5-11(18-2)13(20-4)12(6-10)19-3/h5-6,9H,7-8H2,1-4H3,(H,16,17). The number of carbonyl (C=O) groups excluding carboxylic acids is 1. The van der Waals surface area contributed by atoms with Gasteiger partial charge in [-0.25, -0.2) is 0 Å². The molecule has 1 unspecified atom stereocenters. The Hall–Kier alpha value is -1.62. The molecule has 1 aromatic carbocycles. The molecule has 0 heterocycles. The average Bonchev–Trinajstić information content (AvgIpc) is 2.50. The molecule has 1 aromatic rings. The maximum atomic E-state index is 12.1. The lowest BCUT2D eigenvalue weighted by Crippen LogP contribution is -2.28. The van der Waals surface area contributed by atoms with E-state index >= 15 is 0 Å². The van der Waals surface area contributed by atoms with Crippen LogP contribution in [0.5, 0.6) is 17.2 Å². The molecule has 6 heteroatoms. The zero-order chi connectivity index (χ0) is 15.1. The van der Waals surface area contributed by atoms with E-state index in [1.165, 1.54) is 21.3 Å². The summed E-state index contributed by atoms with van der Waals surface area (Å²) in [6, 6.07) is 3.23. The summed E-state index contributed by atoms with van der Waals surface area (Å²) in [6.45, 7) is 2.47. The van der Waals surface area contributed by atoms with Gasteiger partial charge in [-0.05, 0) is 18.1 Å². The fourth-order valence-corrected chi connectivity index (χ4v) is 1.74. The summed E-state index contributed by atoms with van der Waals surface area (Å²) in [7, 11) is 4.53. The summed E-state index contributed by atoms with van der Waals surface area (Å²) >= 11 is 5.71. The van der Waals surface area contributed by atoms with E-state index in [1.54, 1.807) is 12.1 Å². The topological polar surface area (TPSA) is 56.8 Å². The van der Waals surface area contributed by atoms with Gasteiger partial charge in [0.25, 0.3) is 5.91 Å². The van der Waals surface area contributed by atoms with Crippen molar-refractivity contribution in [2.24, 2.45) is 5.92 Å². The highest BCUT2D eigenvalue weighted by atomic mass is 35.5. The molecular formula is C14H20ClNO4. The Balaban J connectivity index is 2.97. The molecule has 0 aromatic heterocycles. The van der Waals surface area contributed by atoms with Gasteiger partial charge in [-0.15, -0.1) is 11.6 Å². The molecule has 1 rings (SSSR count). The third-order valence-corrected chi connectivity index (χ3v) is 3.33. The normalized spacial score (nSPS) is 11.7. The van der Waals surface area contributed by atoms with Gasteiger partial charge in [0.2, 0.25) is 5.75 Å². The van der Waals surface area contributed by atoms with Crippen LogP contribution in [0.25, 0.3) is 0 Å². The molecule has 0 aliphatic carbocycles. The predicted octanol–water partition coefficient (Wildman–Crippen LogP) is 2.32. The Bertz CT molecular complexity index is 439. The summed E-state index contributed by atoms with van der Waals surface area (Å²) in [5.41, 5.74) is 0.446. The van der Waals surface area contributed by atoms with Crippen molar-refractivity contribution < 1.29 is 19.0 Å². The zero-order valence-electron chi connectivity index (χ0n) is 12.2. The van der Waals surface area contributed by atoms with Crippen LogP contribution >= 0.6 is 11.6 Å². The van der Waals surface area contributed by atoms with Crippen LogP contribution in [0.4, 0.5) is 0 Å². The van der Waals surface area contributed by atoms with Gasteiger partial charge >= 0.3 is 0 Å². The van der Waals surface area contributed by atoms with Crippen molar-refractivity contribution in [3.63, 3.8) is 0 Å². The van der Waals surface area contributed by atoms with Gasteiger partial charge < -0.3 is 19.5 Å². The predicted molar refractivity (Wildman–Crippen MR) is 78.3 cm³/mol. The van der Waals surface area contributed by atoms with E-state index in [-0.39, 0.29) is 11.8 Å². The van der Waals surface area contributed by atoms with Crippen LogP contribution in [-0.4, -0.2) is 39.7 Å². The number of rotatable bonds is 7. The second kappa shape index (κ2) is 7.85. The molecule has 0 saturated carbocycles. The highest BCUT2D eigenvalue weighted by molar-refractivity contribution is 6.18. The third-order valence-electron chi connectivity index (χ3n) is 2.80. The number of nitrogens with one attached hydrogen (secondary N) is 1. The number of amides is 1. The van der Waals surface area contributed by atoms with Crippen molar-refractivity contribution in [2.75, 3.05) is 33.8 Å². The minimum absolute atomic E-state index is 0.207. The molecule has 1 amide bonds. The first-order valence-corrected chi connectivity index (χ1v) is 6.75. The molecule has 20 heavy (non-hydrogen) atoms. The van der Waals surface area contributed by atoms with Crippen molar-refractivity contribution >= 4 is 17.5 Å². The minimum atomic E-state index is -0.207. The van der Waals surface area contributed by atoms with E-state index in [0.29, 0.717) is 35.2 Å². The lowest BCUT2D eigenvalue weighted by molar-refractivity contribution is 0.0948. The van der Waals surface area contributed by atoms with Gasteiger partial charge in [-0.1, -0.05) is 6.92 Å². The first kappa shape index (κ1) is 16.4. The molecule has 5 nitrogen and oxygen atoms in total. The molecule has 0 aliphatic rings. The monoisotopic (exact) mass is 301 g/mol. The highest BCUT2D eigenvalue weighted by Gasteiger charge is 2.17. The molecule has 0 spiro atoms. The first-order valence-electron chi connectivity index (χ1n) is 6.21. The van der Waals surface area contributed by atoms with Crippen LogP contribution in [0.1, 0.15) is 17.3 Å². The molecule has 0 bridgehead atoms. The lowest BCUT2D eigenvalue weighted by atomic mass is 10.1. The van der Waals surface area contributed by atoms with Gasteiger partial charge in [0.05, 0.1) is 21.3 Å². The van der Waals surface area contributed by atoms with Crippen molar-refractivity contribution in [3.8, 4) is 17.2 Å². The van der Waals surface area contributed by atoms with Crippen LogP contribution in [-0.2, 0) is 0 Å². The van der Waals surface area contributed by atoms with E-state index in [1.807, 2.05) is 6.92 Å². The average molecular weight is 302 g/mol. The number of carbonyl (C=O) groups is 1. The van der Waals surface area contributed by atoms with E-state index in [0.717, 1.165) is 0 Å². The van der Waals surface area contributed by atoms with Crippen molar-refractivity contribution in [1.82, 2.24) is 5.32 Å². The number of hydrogen-bond acceptors (Lipinski definition) is 4. The zero-order valence-corrected chi connectivity index (χ0v) is 12.9. The van der Waals surface area contributed by atoms with Gasteiger partial charge in [0, 0.05) is 18.0 Å². The van der Waals surface area contributed by atoms with Crippen LogP contribution in [0.3, 0.4) is 0 Å². The number of methoxy groups -OCH3 is 3. The molecule has 1 atom stereocenters. The summed E-state index contributed by atoms with van der Waals surface area (Å²) in [4.78, 5) is 12.1. The van der Waals surface area contributed by atoms with Gasteiger partial charge in [-0.2, -0.15) is 0 Å². The maximum Gasteiger partial charge on any atom is 0.251 e. The molecule has 0 radical (unpaired) electrons. The molecule has 0 aliphatic heterocycles. The Kier molecular flexibility index (Phi) is 6.45. The third kappa shape index (κ3) is 3.93. The second-order valence-electron chi connectivity index (χ2n) is 4.38. The fourth-order valence-electron chi connectivity index (χ4n) is 1.64. The van der Waals surface area contributed by atoms with Gasteiger partial charge in [0.15, 0.2) is 11.5 Å². The molecule has 112 valence electrons. The number of halogens is 1. The second-order valence-corrected chi connectivity index (χ2v) is 4.69. The van der Waals surface area contributed by atoms with Gasteiger partial charge in [0.1, 0.15) is 0 Å². The molecule has 1 N–H and O–H groups in total. The summed E-state index contributed by atoms with van der Waals surface area (Å²) < 4.78 is 15.6. The number of ether oxygens (including phenoxy) is 3. The lowest BCUT2D eigenvalue weighted by Gasteiger charge is -2.14. The van der Waals surface area contributed by atoms with E-state index < -0.39 is 0 Å². The molecule has 0 fully saturated rings. The largest absolute Gasteiger partial charge is 0.493 e. The van der Waals surface area contributed by atoms with E-state index in [4.69, 9.17) is 25.8 Å². The quantitative estimate of drug-likeness (QED) is 0.785. The Morgan fingerprint density at radius 2 is 1.75 bits per heavy atom. The van der Waals surface area contributed by atoms with Crippen LogP contribution in [0.2, 0.25) is 0 Å². The van der Waals surface area contributed by atoms with E-state index in [2.05, 4.69) is 5.32 Å². The first-order chi connectivity index (χ1) is 9.57. The van der Waals surface area contributed by atoms with Crippen molar-refractivity contribution in [1.29, 1.82) is 0 Å². The summed E-state index contributed by atoms with van der Waals surface area (Å²) in [6.07, 6.45) is 0. The smallest absolute Gasteiger partial charge is 0.251 e. The Morgan fingerprint density at radius 3 is 2.15 bits per heavy atom. The van der Waals surface area contributed by atoms with Crippen molar-refractivity contribution in [3.05, 3.63) is 17.7 Å². The fraction of sp³-hybridized carbons (Fsp3) is 0.500. The summed E-state index contributed by atoms with van der Waals surface area (Å²) in [5, 5.41) is 2.81. The van der Waals surface area contributed by atoms with E-state index in [9.17, 15) is 4.79 Å². The minimum Gasteiger partial charge on any atom is -0.493 e. The molecular weight excluding hydrogens is 282 g/mol. The Morgan fingerprint density at radius 1 is 1.20 bits per heavy atom. The number of alkyl halides is 1. The van der Waals surface area contributed by atoms with Crippen molar-refractivity contribution in [2.45, 2.75) is 6.92 Å². The Labute approximate surface area is 124 Å². The molecule has 0 saturated heterocycles. The van der Waals surface area contributed by atoms with Gasteiger partial charge in [-0.3, -0.25) is 4.79 Å². The SMILES string of the molecule is COc1cc(C(=O)NCC(C)CCl)cc(OC)c1OC. The summed E-state index contributed by atoms with van der Waals surface area (Å²) in [5.74, 6) is 1.85. The van der Waals surface area contributed by atoms with Crippen LogP contribution in [0, 0.1) is 5.92 Å². The van der Waals surface area contributed by atoms with Crippen LogP contribution < -0.4 is 19.5 Å².